The lowest BCUT2D eigenvalue weighted by molar-refractivity contribution is -0.384. The number of nitro groups is 1. The van der Waals surface area contributed by atoms with Gasteiger partial charge in [-0.2, -0.15) is 0 Å². The van der Waals surface area contributed by atoms with Gasteiger partial charge in [-0.15, -0.1) is 11.8 Å². The Kier molecular flexibility index (Phi) is 4.01. The highest BCUT2D eigenvalue weighted by atomic mass is 32.2. The van der Waals surface area contributed by atoms with Gasteiger partial charge < -0.3 is 4.42 Å². The zero-order valence-corrected chi connectivity index (χ0v) is 11.0. The van der Waals surface area contributed by atoms with Gasteiger partial charge in [0.15, 0.2) is 5.78 Å². The number of ketones is 1. The summed E-state index contributed by atoms with van der Waals surface area (Å²) in [5.41, 5.74) is 0.290. The van der Waals surface area contributed by atoms with Gasteiger partial charge in [0.25, 0.3) is 5.69 Å². The second-order valence-corrected chi connectivity index (χ2v) is 4.88. The molecule has 0 aliphatic heterocycles. The summed E-state index contributed by atoms with van der Waals surface area (Å²) in [6.07, 6.45) is 1.58. The third kappa shape index (κ3) is 3.23. The van der Waals surface area contributed by atoms with Crippen LogP contribution in [0.25, 0.3) is 0 Å². The van der Waals surface area contributed by atoms with Crippen LogP contribution in [0.4, 0.5) is 5.69 Å². The van der Waals surface area contributed by atoms with Crippen molar-refractivity contribution < 1.29 is 14.1 Å². The van der Waals surface area contributed by atoms with Gasteiger partial charge >= 0.3 is 0 Å². The van der Waals surface area contributed by atoms with Crippen LogP contribution < -0.4 is 0 Å². The molecule has 98 valence electrons. The third-order valence-electron chi connectivity index (χ3n) is 2.50. The molecule has 0 aliphatic carbocycles. The normalized spacial score (nSPS) is 10.4. The molecule has 5 nitrogen and oxygen atoms in total. The van der Waals surface area contributed by atoms with E-state index in [0.29, 0.717) is 11.3 Å². The van der Waals surface area contributed by atoms with Crippen molar-refractivity contribution in [3.63, 3.8) is 0 Å². The Morgan fingerprint density at radius 1 is 1.42 bits per heavy atom. The Morgan fingerprint density at radius 2 is 2.21 bits per heavy atom. The molecule has 6 heteroatoms. The van der Waals surface area contributed by atoms with E-state index in [0.717, 1.165) is 10.7 Å². The van der Waals surface area contributed by atoms with Gasteiger partial charge in [-0.1, -0.05) is 0 Å². The number of thioether (sulfide) groups is 1. The molecular weight excluding hydrogens is 266 g/mol. The second kappa shape index (κ2) is 5.71. The number of rotatable bonds is 5. The molecule has 0 fully saturated rings. The fourth-order valence-electron chi connectivity index (χ4n) is 1.58. The second-order valence-electron chi connectivity index (χ2n) is 3.86. The predicted molar refractivity (Wildman–Crippen MR) is 71.4 cm³/mol. The van der Waals surface area contributed by atoms with E-state index in [1.165, 1.54) is 30.8 Å². The van der Waals surface area contributed by atoms with Crippen molar-refractivity contribution in [2.24, 2.45) is 0 Å². The minimum absolute atomic E-state index is 0.0763. The largest absolute Gasteiger partial charge is 0.468 e. The first-order valence-corrected chi connectivity index (χ1v) is 6.51. The quantitative estimate of drug-likeness (QED) is 0.361. The first-order valence-electron chi connectivity index (χ1n) is 5.52. The van der Waals surface area contributed by atoms with Gasteiger partial charge in [-0.3, -0.25) is 14.9 Å². The first kappa shape index (κ1) is 13.4. The molecule has 0 atom stereocenters. The Hall–Kier alpha value is -2.08. The van der Waals surface area contributed by atoms with Gasteiger partial charge in [-0.05, 0) is 25.1 Å². The topological polar surface area (TPSA) is 73.3 Å². The van der Waals surface area contributed by atoms with E-state index >= 15 is 0 Å². The van der Waals surface area contributed by atoms with Gasteiger partial charge in [0, 0.05) is 22.6 Å². The average molecular weight is 277 g/mol. The van der Waals surface area contributed by atoms with Crippen LogP contribution in [-0.2, 0) is 5.75 Å². The maximum absolute atomic E-state index is 11.5. The number of nitrogens with zero attached hydrogens (tertiary/aromatic N) is 1. The van der Waals surface area contributed by atoms with Crippen LogP contribution in [-0.4, -0.2) is 10.7 Å². The van der Waals surface area contributed by atoms with Crippen molar-refractivity contribution in [1.82, 2.24) is 0 Å². The maximum atomic E-state index is 11.5. The van der Waals surface area contributed by atoms with Crippen molar-refractivity contribution in [3.05, 3.63) is 58.0 Å². The zero-order valence-electron chi connectivity index (χ0n) is 10.2. The number of benzene rings is 1. The molecule has 2 aromatic rings. The molecule has 1 heterocycles. The molecule has 0 saturated heterocycles. The fraction of sp³-hybridized carbons (Fsp3) is 0.154. The molecule has 19 heavy (non-hydrogen) atoms. The highest BCUT2D eigenvalue weighted by Crippen LogP contribution is 2.29. The van der Waals surface area contributed by atoms with Crippen molar-refractivity contribution in [3.8, 4) is 0 Å². The number of furan rings is 1. The molecule has 0 radical (unpaired) electrons. The Balaban J connectivity index is 2.24. The lowest BCUT2D eigenvalue weighted by Crippen LogP contribution is -1.98. The van der Waals surface area contributed by atoms with E-state index in [2.05, 4.69) is 0 Å². The molecular formula is C13H11NO4S. The van der Waals surface area contributed by atoms with E-state index < -0.39 is 4.92 Å². The number of nitro benzene ring substituents is 1. The Morgan fingerprint density at radius 3 is 2.79 bits per heavy atom. The molecule has 0 bridgehead atoms. The number of Topliss-reactive ketones (excluding diaryl/α,β-unsaturated/α-hetero) is 1. The van der Waals surface area contributed by atoms with Crippen LogP contribution in [0.3, 0.4) is 0 Å². The maximum Gasteiger partial charge on any atom is 0.270 e. The molecule has 1 aromatic carbocycles. The summed E-state index contributed by atoms with van der Waals surface area (Å²) in [7, 11) is 0. The molecule has 0 spiro atoms. The van der Waals surface area contributed by atoms with Crippen LogP contribution in [0.2, 0.25) is 0 Å². The molecule has 0 aliphatic rings. The minimum atomic E-state index is -0.507. The number of hydrogen-bond donors (Lipinski definition) is 0. The molecule has 0 unspecified atom stereocenters. The zero-order chi connectivity index (χ0) is 13.8. The average Bonchev–Trinajstić information content (AvgIpc) is 2.89. The Bertz CT molecular complexity index is 607. The van der Waals surface area contributed by atoms with Crippen molar-refractivity contribution in [2.45, 2.75) is 17.6 Å². The van der Waals surface area contributed by atoms with Crippen molar-refractivity contribution in [1.29, 1.82) is 0 Å². The highest BCUT2D eigenvalue weighted by Gasteiger charge is 2.14. The first-order chi connectivity index (χ1) is 9.08. The SMILES string of the molecule is CC(=O)c1cc([N+](=O)[O-])ccc1SCc1ccco1. The van der Waals surface area contributed by atoms with E-state index in [9.17, 15) is 14.9 Å². The van der Waals surface area contributed by atoms with Gasteiger partial charge in [0.05, 0.1) is 16.9 Å². The number of hydrogen-bond acceptors (Lipinski definition) is 5. The highest BCUT2D eigenvalue weighted by molar-refractivity contribution is 7.98. The minimum Gasteiger partial charge on any atom is -0.468 e. The molecule has 1 aromatic heterocycles. The van der Waals surface area contributed by atoms with Gasteiger partial charge in [0.2, 0.25) is 0 Å². The van der Waals surface area contributed by atoms with Gasteiger partial charge in [-0.25, -0.2) is 0 Å². The summed E-state index contributed by atoms with van der Waals surface area (Å²) in [6, 6.07) is 7.94. The van der Waals surface area contributed by atoms with Gasteiger partial charge in [0.1, 0.15) is 5.76 Å². The summed E-state index contributed by atoms with van der Waals surface area (Å²) in [5, 5.41) is 10.7. The fourth-order valence-corrected chi connectivity index (χ4v) is 2.56. The van der Waals surface area contributed by atoms with E-state index in [1.54, 1.807) is 18.4 Å². The van der Waals surface area contributed by atoms with Crippen LogP contribution in [0, 0.1) is 10.1 Å². The number of non-ortho nitro benzene ring substituents is 1. The summed E-state index contributed by atoms with van der Waals surface area (Å²) in [5.74, 6) is 1.17. The van der Waals surface area contributed by atoms with Crippen LogP contribution >= 0.6 is 11.8 Å². The summed E-state index contributed by atoms with van der Waals surface area (Å²) < 4.78 is 5.20. The summed E-state index contributed by atoms with van der Waals surface area (Å²) in [4.78, 5) is 22.5. The smallest absolute Gasteiger partial charge is 0.270 e. The van der Waals surface area contributed by atoms with E-state index in [4.69, 9.17) is 4.42 Å². The lowest BCUT2D eigenvalue weighted by Gasteiger charge is -2.05. The summed E-state index contributed by atoms with van der Waals surface area (Å²) in [6.45, 7) is 1.40. The molecule has 0 amide bonds. The van der Waals surface area contributed by atoms with E-state index in [-0.39, 0.29) is 11.5 Å². The predicted octanol–water partition coefficient (Wildman–Crippen LogP) is 3.68. The van der Waals surface area contributed by atoms with Crippen LogP contribution in [0.1, 0.15) is 23.0 Å². The Labute approximate surface area is 113 Å². The van der Waals surface area contributed by atoms with E-state index in [1.807, 2.05) is 6.07 Å². The third-order valence-corrected chi connectivity index (χ3v) is 3.60. The summed E-state index contributed by atoms with van der Waals surface area (Å²) >= 11 is 1.42. The van der Waals surface area contributed by atoms with Crippen molar-refractivity contribution >= 4 is 23.2 Å². The molecule has 2 rings (SSSR count). The lowest BCUT2D eigenvalue weighted by atomic mass is 10.1. The van der Waals surface area contributed by atoms with Crippen molar-refractivity contribution in [2.75, 3.05) is 0 Å². The monoisotopic (exact) mass is 277 g/mol. The molecule has 0 saturated carbocycles. The van der Waals surface area contributed by atoms with Crippen LogP contribution in [0.15, 0.2) is 45.9 Å². The van der Waals surface area contributed by atoms with Crippen LogP contribution in [0.5, 0.6) is 0 Å². The molecule has 0 N–H and O–H groups in total. The number of carbonyl (C=O) groups is 1. The number of carbonyl (C=O) groups excluding carboxylic acids is 1. The standard InChI is InChI=1S/C13H11NO4S/c1-9(15)12-7-10(14(16)17)4-5-13(12)19-8-11-3-2-6-18-11/h2-7H,8H2,1H3.